The first kappa shape index (κ1) is 13.8. The zero-order valence-electron chi connectivity index (χ0n) is 12.4. The summed E-state index contributed by atoms with van der Waals surface area (Å²) in [4.78, 5) is 11.2. The molecule has 1 N–H and O–H groups in total. The van der Waals surface area contributed by atoms with E-state index in [-0.39, 0.29) is 6.10 Å². The Balaban J connectivity index is 1.55. The zero-order chi connectivity index (χ0) is 13.9. The molecule has 5 nitrogen and oxygen atoms in total. The van der Waals surface area contributed by atoms with Crippen molar-refractivity contribution in [2.45, 2.75) is 51.3 Å². The molecule has 1 aromatic heterocycles. The molecule has 5 heteroatoms. The number of ether oxygens (including phenoxy) is 1. The van der Waals surface area contributed by atoms with Crippen LogP contribution in [0.15, 0.2) is 6.20 Å². The molecule has 1 aliphatic heterocycles. The zero-order valence-corrected chi connectivity index (χ0v) is 12.4. The normalized spacial score (nSPS) is 21.1. The summed E-state index contributed by atoms with van der Waals surface area (Å²) in [7, 11) is 2.15. The maximum absolute atomic E-state index is 5.91. The standard InChI is InChI=1S/C15H24N4O/c1-11-12(9-16-13-3-4-13)10-17-15(18-11)20-14-5-7-19(2)8-6-14/h10,13-14,16H,3-9H2,1-2H3. The van der Waals surface area contributed by atoms with Crippen LogP contribution in [0.1, 0.15) is 36.9 Å². The lowest BCUT2D eigenvalue weighted by Crippen LogP contribution is -2.36. The van der Waals surface area contributed by atoms with Crippen molar-refractivity contribution in [2.75, 3.05) is 20.1 Å². The molecule has 2 heterocycles. The number of piperidine rings is 1. The first-order valence-electron chi connectivity index (χ1n) is 7.62. The van der Waals surface area contributed by atoms with E-state index in [0.29, 0.717) is 12.1 Å². The van der Waals surface area contributed by atoms with Crippen molar-refractivity contribution in [1.82, 2.24) is 20.2 Å². The topological polar surface area (TPSA) is 50.3 Å². The predicted molar refractivity (Wildman–Crippen MR) is 77.8 cm³/mol. The van der Waals surface area contributed by atoms with E-state index in [4.69, 9.17) is 4.74 Å². The van der Waals surface area contributed by atoms with Gasteiger partial charge in [0.1, 0.15) is 6.10 Å². The number of aromatic nitrogens is 2. The Labute approximate surface area is 120 Å². The second kappa shape index (κ2) is 6.06. The van der Waals surface area contributed by atoms with Gasteiger partial charge in [-0.2, -0.15) is 0 Å². The average molecular weight is 276 g/mol. The lowest BCUT2D eigenvalue weighted by Gasteiger charge is -2.28. The van der Waals surface area contributed by atoms with E-state index in [1.807, 2.05) is 13.1 Å². The van der Waals surface area contributed by atoms with E-state index in [9.17, 15) is 0 Å². The van der Waals surface area contributed by atoms with Crippen molar-refractivity contribution in [1.29, 1.82) is 0 Å². The lowest BCUT2D eigenvalue weighted by molar-refractivity contribution is 0.105. The fourth-order valence-electron chi connectivity index (χ4n) is 2.49. The minimum absolute atomic E-state index is 0.265. The molecule has 20 heavy (non-hydrogen) atoms. The van der Waals surface area contributed by atoms with Gasteiger partial charge in [-0.3, -0.25) is 0 Å². The molecule has 0 bridgehead atoms. The van der Waals surface area contributed by atoms with Gasteiger partial charge in [-0.25, -0.2) is 9.97 Å². The highest BCUT2D eigenvalue weighted by Gasteiger charge is 2.21. The highest BCUT2D eigenvalue weighted by Crippen LogP contribution is 2.20. The fourth-order valence-corrected chi connectivity index (χ4v) is 2.49. The maximum atomic E-state index is 5.91. The average Bonchev–Trinajstić information content (AvgIpc) is 3.25. The van der Waals surface area contributed by atoms with Crippen LogP contribution in [0.25, 0.3) is 0 Å². The summed E-state index contributed by atoms with van der Waals surface area (Å²) >= 11 is 0. The van der Waals surface area contributed by atoms with Crippen LogP contribution in [0.3, 0.4) is 0 Å². The first-order chi connectivity index (χ1) is 9.70. The first-order valence-corrected chi connectivity index (χ1v) is 7.62. The summed E-state index contributed by atoms with van der Waals surface area (Å²) in [5.41, 5.74) is 2.20. The van der Waals surface area contributed by atoms with Crippen molar-refractivity contribution in [3.05, 3.63) is 17.5 Å². The van der Waals surface area contributed by atoms with Gasteiger partial charge in [-0.1, -0.05) is 0 Å². The van der Waals surface area contributed by atoms with Crippen LogP contribution >= 0.6 is 0 Å². The SMILES string of the molecule is Cc1nc(OC2CCN(C)CC2)ncc1CNC1CC1. The van der Waals surface area contributed by atoms with Gasteiger partial charge in [-0.15, -0.1) is 0 Å². The van der Waals surface area contributed by atoms with Gasteiger partial charge in [0.2, 0.25) is 0 Å². The second-order valence-corrected chi connectivity index (χ2v) is 6.04. The Hall–Kier alpha value is -1.20. The van der Waals surface area contributed by atoms with Gasteiger partial charge in [0.25, 0.3) is 0 Å². The van der Waals surface area contributed by atoms with Crippen molar-refractivity contribution >= 4 is 0 Å². The van der Waals surface area contributed by atoms with Gasteiger partial charge in [0, 0.05) is 43.1 Å². The van der Waals surface area contributed by atoms with Gasteiger partial charge in [0.05, 0.1) is 0 Å². The molecule has 0 aromatic carbocycles. The van der Waals surface area contributed by atoms with Crippen molar-refractivity contribution in [3.63, 3.8) is 0 Å². The minimum Gasteiger partial charge on any atom is -0.460 e. The second-order valence-electron chi connectivity index (χ2n) is 6.04. The third kappa shape index (κ3) is 3.67. The molecule has 0 amide bonds. The molecule has 1 saturated heterocycles. The van der Waals surface area contributed by atoms with Gasteiger partial charge >= 0.3 is 6.01 Å². The number of aryl methyl sites for hydroxylation is 1. The largest absolute Gasteiger partial charge is 0.460 e. The lowest BCUT2D eigenvalue weighted by atomic mass is 10.1. The molecule has 1 aromatic rings. The Morgan fingerprint density at radius 1 is 1.30 bits per heavy atom. The van der Waals surface area contributed by atoms with Gasteiger partial charge in [-0.05, 0) is 39.7 Å². The molecule has 2 fully saturated rings. The smallest absolute Gasteiger partial charge is 0.316 e. The van der Waals surface area contributed by atoms with Crippen LogP contribution in [0, 0.1) is 6.92 Å². The third-order valence-corrected chi connectivity index (χ3v) is 4.16. The van der Waals surface area contributed by atoms with Gasteiger partial charge < -0.3 is 15.0 Å². The number of nitrogens with zero attached hydrogens (tertiary/aromatic N) is 3. The molecule has 3 rings (SSSR count). The summed E-state index contributed by atoms with van der Waals surface area (Å²) in [6.07, 6.45) is 6.89. The van der Waals surface area contributed by atoms with Crippen LogP contribution in [0.5, 0.6) is 6.01 Å². The minimum atomic E-state index is 0.265. The Morgan fingerprint density at radius 2 is 2.05 bits per heavy atom. The number of hydrogen-bond donors (Lipinski definition) is 1. The highest BCUT2D eigenvalue weighted by atomic mass is 16.5. The van der Waals surface area contributed by atoms with E-state index in [0.717, 1.165) is 38.2 Å². The Bertz CT molecular complexity index is 453. The molecule has 1 aliphatic carbocycles. The van der Waals surface area contributed by atoms with Crippen LogP contribution in [0.4, 0.5) is 0 Å². The molecule has 2 aliphatic rings. The Kier molecular flexibility index (Phi) is 4.17. The molecule has 0 atom stereocenters. The van der Waals surface area contributed by atoms with Crippen LogP contribution in [-0.4, -0.2) is 47.2 Å². The summed E-state index contributed by atoms with van der Waals surface area (Å²) in [5, 5.41) is 3.49. The molecular formula is C15H24N4O. The monoisotopic (exact) mass is 276 g/mol. The molecule has 0 unspecified atom stereocenters. The highest BCUT2D eigenvalue weighted by molar-refractivity contribution is 5.18. The number of rotatable bonds is 5. The molecule has 0 radical (unpaired) electrons. The predicted octanol–water partition coefficient (Wildman–Crippen LogP) is 1.51. The van der Waals surface area contributed by atoms with Crippen molar-refractivity contribution < 1.29 is 4.74 Å². The van der Waals surface area contributed by atoms with Crippen LogP contribution in [0.2, 0.25) is 0 Å². The van der Waals surface area contributed by atoms with E-state index >= 15 is 0 Å². The van der Waals surface area contributed by atoms with E-state index in [2.05, 4.69) is 27.2 Å². The summed E-state index contributed by atoms with van der Waals surface area (Å²) < 4.78 is 5.91. The molecule has 110 valence electrons. The quantitative estimate of drug-likeness (QED) is 0.883. The van der Waals surface area contributed by atoms with E-state index < -0.39 is 0 Å². The maximum Gasteiger partial charge on any atom is 0.316 e. The number of likely N-dealkylation sites (tertiary alicyclic amines) is 1. The van der Waals surface area contributed by atoms with Crippen molar-refractivity contribution in [2.24, 2.45) is 0 Å². The van der Waals surface area contributed by atoms with E-state index in [1.165, 1.54) is 18.4 Å². The molecule has 1 saturated carbocycles. The summed E-state index contributed by atoms with van der Waals surface area (Å²) in [6.45, 7) is 5.08. The fraction of sp³-hybridized carbons (Fsp3) is 0.733. The van der Waals surface area contributed by atoms with Crippen molar-refractivity contribution in [3.8, 4) is 6.01 Å². The van der Waals surface area contributed by atoms with E-state index in [1.54, 1.807) is 0 Å². The molecular weight excluding hydrogens is 252 g/mol. The molecule has 0 spiro atoms. The third-order valence-electron chi connectivity index (χ3n) is 4.16. The Morgan fingerprint density at radius 3 is 2.70 bits per heavy atom. The summed E-state index contributed by atoms with van der Waals surface area (Å²) in [6, 6.07) is 1.25. The van der Waals surface area contributed by atoms with Crippen LogP contribution < -0.4 is 10.1 Å². The summed E-state index contributed by atoms with van der Waals surface area (Å²) in [5.74, 6) is 0. The number of hydrogen-bond acceptors (Lipinski definition) is 5. The number of nitrogens with one attached hydrogen (secondary N) is 1. The van der Waals surface area contributed by atoms with Gasteiger partial charge in [0.15, 0.2) is 0 Å². The van der Waals surface area contributed by atoms with Crippen LogP contribution in [-0.2, 0) is 6.54 Å².